The molecule has 0 aromatic carbocycles. The van der Waals surface area contributed by atoms with Crippen molar-refractivity contribution in [3.8, 4) is 0 Å². The molecule has 1 aliphatic heterocycles. The fraction of sp³-hybridized carbons (Fsp3) is 0.462. The number of piperidine rings is 1. The van der Waals surface area contributed by atoms with Gasteiger partial charge in [-0.25, -0.2) is 4.98 Å². The summed E-state index contributed by atoms with van der Waals surface area (Å²) in [7, 11) is 1.84. The van der Waals surface area contributed by atoms with E-state index < -0.39 is 0 Å². The smallest absolute Gasteiger partial charge is 0.222 e. The van der Waals surface area contributed by atoms with Crippen LogP contribution in [0.15, 0.2) is 18.5 Å². The van der Waals surface area contributed by atoms with Gasteiger partial charge >= 0.3 is 0 Å². The number of hydrogen-bond acceptors (Lipinski definition) is 3. The maximum atomic E-state index is 11.6. The van der Waals surface area contributed by atoms with E-state index in [-0.39, 0.29) is 11.9 Å². The van der Waals surface area contributed by atoms with Crippen molar-refractivity contribution in [3.63, 3.8) is 0 Å². The molecule has 0 saturated carbocycles. The Bertz CT molecular complexity index is 624. The summed E-state index contributed by atoms with van der Waals surface area (Å²) in [5, 5.41) is 0. The number of aromatic nitrogens is 3. The number of alkyl halides is 1. The highest BCUT2D eigenvalue weighted by Crippen LogP contribution is 2.28. The van der Waals surface area contributed by atoms with Gasteiger partial charge < -0.3 is 9.47 Å². The Morgan fingerprint density at radius 1 is 1.53 bits per heavy atom. The van der Waals surface area contributed by atoms with E-state index in [9.17, 15) is 4.79 Å². The average Bonchev–Trinajstić information content (AvgIpc) is 2.80. The summed E-state index contributed by atoms with van der Waals surface area (Å²) in [6.07, 6.45) is 4.92. The van der Waals surface area contributed by atoms with Crippen molar-refractivity contribution in [2.45, 2.75) is 24.8 Å². The van der Waals surface area contributed by atoms with E-state index in [2.05, 4.69) is 14.5 Å². The van der Waals surface area contributed by atoms with Crippen LogP contribution in [-0.2, 0) is 10.7 Å². The van der Waals surface area contributed by atoms with E-state index in [4.69, 9.17) is 11.6 Å². The summed E-state index contributed by atoms with van der Waals surface area (Å²) < 4.78 is 2.16. The molecular weight excluding hydrogens is 264 g/mol. The minimum absolute atomic E-state index is 0.203. The number of halogens is 1. The van der Waals surface area contributed by atoms with E-state index in [1.54, 1.807) is 17.3 Å². The molecule has 19 heavy (non-hydrogen) atoms. The zero-order valence-corrected chi connectivity index (χ0v) is 11.5. The molecule has 0 bridgehead atoms. The van der Waals surface area contributed by atoms with Gasteiger partial charge in [0.2, 0.25) is 5.91 Å². The number of fused-ring (bicyclic) bond motifs is 1. The molecule has 100 valence electrons. The Balaban J connectivity index is 2.06. The molecule has 6 heteroatoms. The number of carbonyl (C=O) groups is 1. The second-order valence-electron chi connectivity index (χ2n) is 4.86. The molecule has 1 saturated heterocycles. The number of rotatable bonds is 2. The van der Waals surface area contributed by atoms with Gasteiger partial charge in [-0.2, -0.15) is 0 Å². The molecule has 3 rings (SSSR count). The molecule has 1 amide bonds. The first-order valence-corrected chi connectivity index (χ1v) is 6.85. The highest BCUT2D eigenvalue weighted by atomic mass is 35.5. The molecule has 1 atom stereocenters. The lowest BCUT2D eigenvalue weighted by atomic mass is 10.1. The van der Waals surface area contributed by atoms with Crippen LogP contribution in [0, 0.1) is 0 Å². The van der Waals surface area contributed by atoms with Gasteiger partial charge in [-0.05, 0) is 12.5 Å². The van der Waals surface area contributed by atoms with Gasteiger partial charge in [0.1, 0.15) is 11.3 Å². The predicted octanol–water partition coefficient (Wildman–Crippen LogP) is 1.96. The fourth-order valence-electron chi connectivity index (χ4n) is 2.70. The molecule has 0 spiro atoms. The van der Waals surface area contributed by atoms with Crippen LogP contribution >= 0.6 is 11.6 Å². The van der Waals surface area contributed by atoms with Crippen molar-refractivity contribution >= 4 is 28.5 Å². The van der Waals surface area contributed by atoms with Crippen molar-refractivity contribution in [1.29, 1.82) is 0 Å². The summed E-state index contributed by atoms with van der Waals surface area (Å²) in [5.74, 6) is 1.41. The predicted molar refractivity (Wildman–Crippen MR) is 73.0 cm³/mol. The number of amides is 1. The minimum atomic E-state index is 0.203. The quantitative estimate of drug-likeness (QED) is 0.789. The lowest BCUT2D eigenvalue weighted by Crippen LogP contribution is -2.38. The van der Waals surface area contributed by atoms with Crippen molar-refractivity contribution in [1.82, 2.24) is 19.4 Å². The van der Waals surface area contributed by atoms with Crippen molar-refractivity contribution < 1.29 is 4.79 Å². The third-order valence-corrected chi connectivity index (χ3v) is 3.89. The van der Waals surface area contributed by atoms with Gasteiger partial charge in [0.15, 0.2) is 0 Å². The SMILES string of the molecule is CN1CC(n2c(CCl)nc3cnccc32)CCC1=O. The van der Waals surface area contributed by atoms with Crippen LogP contribution in [-0.4, -0.2) is 38.9 Å². The largest absolute Gasteiger partial charge is 0.344 e. The van der Waals surface area contributed by atoms with E-state index >= 15 is 0 Å². The van der Waals surface area contributed by atoms with E-state index in [0.29, 0.717) is 18.8 Å². The van der Waals surface area contributed by atoms with Gasteiger partial charge in [-0.15, -0.1) is 11.6 Å². The molecule has 0 aliphatic carbocycles. The standard InChI is InChI=1S/C13H15ClN4O/c1-17-8-9(2-3-13(17)19)18-11-4-5-15-7-10(11)16-12(18)6-14/h4-5,7,9H,2-3,6,8H2,1H3. The Hall–Kier alpha value is -1.62. The summed E-state index contributed by atoms with van der Waals surface area (Å²) in [6, 6.07) is 2.19. The van der Waals surface area contributed by atoms with Crippen LogP contribution in [0.3, 0.4) is 0 Å². The first kappa shape index (κ1) is 12.4. The second-order valence-corrected chi connectivity index (χ2v) is 5.13. The number of nitrogens with zero attached hydrogens (tertiary/aromatic N) is 4. The number of hydrogen-bond donors (Lipinski definition) is 0. The molecule has 5 nitrogen and oxygen atoms in total. The summed E-state index contributed by atoms with van der Waals surface area (Å²) in [5.41, 5.74) is 1.90. The topological polar surface area (TPSA) is 51.0 Å². The van der Waals surface area contributed by atoms with Crippen LogP contribution < -0.4 is 0 Å². The minimum Gasteiger partial charge on any atom is -0.344 e. The van der Waals surface area contributed by atoms with Gasteiger partial charge in [0.25, 0.3) is 0 Å². The molecule has 0 N–H and O–H groups in total. The van der Waals surface area contributed by atoms with E-state index in [0.717, 1.165) is 23.3 Å². The number of imidazole rings is 1. The average molecular weight is 279 g/mol. The van der Waals surface area contributed by atoms with Crippen LogP contribution in [0.4, 0.5) is 0 Å². The molecular formula is C13H15ClN4O. The number of likely N-dealkylation sites (N-methyl/N-ethyl adjacent to an activating group) is 1. The lowest BCUT2D eigenvalue weighted by molar-refractivity contribution is -0.132. The first-order valence-electron chi connectivity index (χ1n) is 6.31. The Labute approximate surface area is 116 Å². The third-order valence-electron chi connectivity index (χ3n) is 3.65. The Morgan fingerprint density at radius 2 is 2.37 bits per heavy atom. The van der Waals surface area contributed by atoms with Gasteiger partial charge in [-0.1, -0.05) is 0 Å². The molecule has 3 heterocycles. The van der Waals surface area contributed by atoms with Crippen molar-refractivity contribution in [2.75, 3.05) is 13.6 Å². The monoisotopic (exact) mass is 278 g/mol. The van der Waals surface area contributed by atoms with Crippen LogP contribution in [0.2, 0.25) is 0 Å². The molecule has 1 aliphatic rings. The van der Waals surface area contributed by atoms with Gasteiger partial charge in [0.05, 0.1) is 23.6 Å². The molecule has 1 fully saturated rings. The van der Waals surface area contributed by atoms with Gasteiger partial charge in [-0.3, -0.25) is 9.78 Å². The molecule has 2 aromatic heterocycles. The maximum absolute atomic E-state index is 11.6. The number of likely N-dealkylation sites (tertiary alicyclic amines) is 1. The lowest BCUT2D eigenvalue weighted by Gasteiger charge is -2.31. The van der Waals surface area contributed by atoms with Crippen molar-refractivity contribution in [2.24, 2.45) is 0 Å². The molecule has 0 radical (unpaired) electrons. The normalized spacial score (nSPS) is 20.2. The summed E-state index contributed by atoms with van der Waals surface area (Å²) >= 11 is 6.00. The fourth-order valence-corrected chi connectivity index (χ4v) is 2.89. The zero-order valence-electron chi connectivity index (χ0n) is 10.7. The molecule has 1 unspecified atom stereocenters. The number of carbonyl (C=O) groups excluding carboxylic acids is 1. The van der Waals surface area contributed by atoms with E-state index in [1.807, 2.05) is 13.1 Å². The van der Waals surface area contributed by atoms with Crippen LogP contribution in [0.1, 0.15) is 24.7 Å². The Kier molecular flexibility index (Phi) is 3.14. The van der Waals surface area contributed by atoms with Crippen LogP contribution in [0.5, 0.6) is 0 Å². The Morgan fingerprint density at radius 3 is 3.11 bits per heavy atom. The maximum Gasteiger partial charge on any atom is 0.222 e. The highest BCUT2D eigenvalue weighted by molar-refractivity contribution is 6.16. The van der Waals surface area contributed by atoms with Crippen molar-refractivity contribution in [3.05, 3.63) is 24.3 Å². The number of pyridine rings is 1. The summed E-state index contributed by atoms with van der Waals surface area (Å²) in [6.45, 7) is 0.705. The third kappa shape index (κ3) is 2.08. The van der Waals surface area contributed by atoms with Crippen LogP contribution in [0.25, 0.3) is 11.0 Å². The van der Waals surface area contributed by atoms with E-state index in [1.165, 1.54) is 0 Å². The zero-order chi connectivity index (χ0) is 13.4. The second kappa shape index (κ2) is 4.81. The highest BCUT2D eigenvalue weighted by Gasteiger charge is 2.26. The summed E-state index contributed by atoms with van der Waals surface area (Å²) in [4.78, 5) is 22.0. The first-order chi connectivity index (χ1) is 9.20. The molecule has 2 aromatic rings. The van der Waals surface area contributed by atoms with Gasteiger partial charge in [0, 0.05) is 26.2 Å².